The smallest absolute Gasteiger partial charge is 0.255 e. The number of benzene rings is 1. The fourth-order valence-corrected chi connectivity index (χ4v) is 2.84. The Kier molecular flexibility index (Phi) is 4.33. The minimum atomic E-state index is -0.412. The van der Waals surface area contributed by atoms with E-state index in [9.17, 15) is 9.18 Å². The fourth-order valence-electron chi connectivity index (χ4n) is 2.42. The van der Waals surface area contributed by atoms with Gasteiger partial charge in [-0.2, -0.15) is 0 Å². The van der Waals surface area contributed by atoms with E-state index in [0.717, 1.165) is 5.82 Å². The molecule has 0 radical (unpaired) electrons. The average molecular weight is 365 g/mol. The van der Waals surface area contributed by atoms with E-state index in [2.05, 4.69) is 30.8 Å². The van der Waals surface area contributed by atoms with E-state index >= 15 is 0 Å². The summed E-state index contributed by atoms with van der Waals surface area (Å²) in [5, 5.41) is 0. The Hall–Kier alpha value is -2.02. The van der Waals surface area contributed by atoms with Crippen molar-refractivity contribution in [3.05, 3.63) is 52.6 Å². The van der Waals surface area contributed by atoms with Crippen LogP contribution >= 0.6 is 15.9 Å². The van der Waals surface area contributed by atoms with Crippen LogP contribution in [0.5, 0.6) is 0 Å². The Balaban J connectivity index is 1.68. The molecule has 1 amide bonds. The molecule has 1 aromatic carbocycles. The third kappa shape index (κ3) is 3.09. The van der Waals surface area contributed by atoms with Gasteiger partial charge in [-0.05, 0) is 34.1 Å². The predicted octanol–water partition coefficient (Wildman–Crippen LogP) is 2.34. The number of anilines is 1. The van der Waals surface area contributed by atoms with Crippen LogP contribution in [0, 0.1) is 5.82 Å². The lowest BCUT2D eigenvalue weighted by Gasteiger charge is -2.35. The minimum Gasteiger partial charge on any atom is -0.352 e. The first-order chi connectivity index (χ1) is 10.6. The molecule has 3 rings (SSSR count). The lowest BCUT2D eigenvalue weighted by Crippen LogP contribution is -2.49. The van der Waals surface area contributed by atoms with Gasteiger partial charge in [0.1, 0.15) is 11.6 Å². The molecule has 0 N–H and O–H groups in total. The number of piperazine rings is 1. The SMILES string of the molecule is O=C(c1cc(F)ccc1Br)N1CCN(c2cnccn2)CC1. The zero-order chi connectivity index (χ0) is 15.5. The van der Waals surface area contributed by atoms with Crippen LogP contribution in [0.15, 0.2) is 41.3 Å². The first-order valence-electron chi connectivity index (χ1n) is 6.90. The van der Waals surface area contributed by atoms with Crippen LogP contribution in [0.3, 0.4) is 0 Å². The molecule has 2 heterocycles. The number of hydrogen-bond acceptors (Lipinski definition) is 4. The maximum absolute atomic E-state index is 13.3. The Morgan fingerprint density at radius 1 is 1.18 bits per heavy atom. The minimum absolute atomic E-state index is 0.162. The number of rotatable bonds is 2. The molecule has 2 aromatic rings. The second-order valence-corrected chi connectivity index (χ2v) is 5.82. The predicted molar refractivity (Wildman–Crippen MR) is 84.2 cm³/mol. The maximum Gasteiger partial charge on any atom is 0.255 e. The standard InChI is InChI=1S/C15H14BrFN4O/c16-13-2-1-11(17)9-12(13)15(22)21-7-5-20(6-8-21)14-10-18-3-4-19-14/h1-4,9-10H,5-8H2. The van der Waals surface area contributed by atoms with Crippen molar-refractivity contribution in [2.75, 3.05) is 31.1 Å². The highest BCUT2D eigenvalue weighted by atomic mass is 79.9. The first kappa shape index (κ1) is 14.9. The highest BCUT2D eigenvalue weighted by Gasteiger charge is 2.24. The second kappa shape index (κ2) is 6.39. The van der Waals surface area contributed by atoms with Crippen LogP contribution < -0.4 is 4.90 Å². The van der Waals surface area contributed by atoms with Gasteiger partial charge in [-0.1, -0.05) is 0 Å². The van der Waals surface area contributed by atoms with Crippen molar-refractivity contribution in [3.63, 3.8) is 0 Å². The lowest BCUT2D eigenvalue weighted by atomic mass is 10.1. The summed E-state index contributed by atoms with van der Waals surface area (Å²) in [4.78, 5) is 24.6. The highest BCUT2D eigenvalue weighted by Crippen LogP contribution is 2.21. The Morgan fingerprint density at radius 3 is 2.64 bits per heavy atom. The lowest BCUT2D eigenvalue weighted by molar-refractivity contribution is 0.0745. The van der Waals surface area contributed by atoms with Crippen LogP contribution in [-0.4, -0.2) is 47.0 Å². The van der Waals surface area contributed by atoms with Gasteiger partial charge in [-0.25, -0.2) is 9.37 Å². The number of nitrogens with zero attached hydrogens (tertiary/aromatic N) is 4. The Bertz CT molecular complexity index is 674. The van der Waals surface area contributed by atoms with Gasteiger partial charge in [0, 0.05) is 43.0 Å². The molecule has 1 aliphatic rings. The Labute approximate surface area is 135 Å². The number of hydrogen-bond donors (Lipinski definition) is 0. The van der Waals surface area contributed by atoms with Crippen LogP contribution in [0.2, 0.25) is 0 Å². The molecule has 0 saturated carbocycles. The Morgan fingerprint density at radius 2 is 1.95 bits per heavy atom. The molecule has 1 aromatic heterocycles. The third-order valence-electron chi connectivity index (χ3n) is 3.60. The number of carbonyl (C=O) groups is 1. The van der Waals surface area contributed by atoms with Gasteiger partial charge in [0.05, 0.1) is 11.8 Å². The van der Waals surface area contributed by atoms with Crippen molar-refractivity contribution in [1.82, 2.24) is 14.9 Å². The van der Waals surface area contributed by atoms with Gasteiger partial charge in [0.15, 0.2) is 0 Å². The fraction of sp³-hybridized carbons (Fsp3) is 0.267. The van der Waals surface area contributed by atoms with Gasteiger partial charge in [0.2, 0.25) is 0 Å². The van der Waals surface area contributed by atoms with E-state index in [1.807, 2.05) is 0 Å². The molecule has 0 bridgehead atoms. The van der Waals surface area contributed by atoms with Crippen molar-refractivity contribution in [3.8, 4) is 0 Å². The molecule has 0 unspecified atom stereocenters. The summed E-state index contributed by atoms with van der Waals surface area (Å²) >= 11 is 3.30. The molecule has 0 aliphatic carbocycles. The second-order valence-electron chi connectivity index (χ2n) is 4.97. The van der Waals surface area contributed by atoms with Crippen LogP contribution in [-0.2, 0) is 0 Å². The topological polar surface area (TPSA) is 49.3 Å². The van der Waals surface area contributed by atoms with Gasteiger partial charge >= 0.3 is 0 Å². The molecular weight excluding hydrogens is 351 g/mol. The van der Waals surface area contributed by atoms with Crippen molar-refractivity contribution in [2.45, 2.75) is 0 Å². The zero-order valence-corrected chi connectivity index (χ0v) is 13.3. The molecule has 22 heavy (non-hydrogen) atoms. The van der Waals surface area contributed by atoms with E-state index in [-0.39, 0.29) is 5.91 Å². The molecule has 1 saturated heterocycles. The van der Waals surface area contributed by atoms with Gasteiger partial charge in [-0.15, -0.1) is 0 Å². The van der Waals surface area contributed by atoms with Crippen molar-refractivity contribution < 1.29 is 9.18 Å². The maximum atomic E-state index is 13.3. The summed E-state index contributed by atoms with van der Waals surface area (Å²) in [5.74, 6) is 0.233. The average Bonchev–Trinajstić information content (AvgIpc) is 2.57. The summed E-state index contributed by atoms with van der Waals surface area (Å²) in [7, 11) is 0. The number of halogens is 2. The summed E-state index contributed by atoms with van der Waals surface area (Å²) in [6.45, 7) is 2.49. The zero-order valence-electron chi connectivity index (χ0n) is 11.7. The van der Waals surface area contributed by atoms with E-state index in [4.69, 9.17) is 0 Å². The quantitative estimate of drug-likeness (QED) is 0.820. The highest BCUT2D eigenvalue weighted by molar-refractivity contribution is 9.10. The molecule has 7 heteroatoms. The number of amides is 1. The molecule has 1 aliphatic heterocycles. The third-order valence-corrected chi connectivity index (χ3v) is 4.29. The van der Waals surface area contributed by atoms with Crippen LogP contribution in [0.4, 0.5) is 10.2 Å². The monoisotopic (exact) mass is 364 g/mol. The molecule has 114 valence electrons. The van der Waals surface area contributed by atoms with Crippen molar-refractivity contribution in [2.24, 2.45) is 0 Å². The summed E-state index contributed by atoms with van der Waals surface area (Å²) in [5.41, 5.74) is 0.355. The van der Waals surface area contributed by atoms with Gasteiger partial charge in [-0.3, -0.25) is 9.78 Å². The van der Waals surface area contributed by atoms with Gasteiger partial charge in [0.25, 0.3) is 5.91 Å². The molecule has 0 spiro atoms. The largest absolute Gasteiger partial charge is 0.352 e. The number of aromatic nitrogens is 2. The molecule has 5 nitrogen and oxygen atoms in total. The summed E-state index contributed by atoms with van der Waals surface area (Å²) in [6, 6.07) is 4.15. The van der Waals surface area contributed by atoms with E-state index in [1.165, 1.54) is 12.1 Å². The molecule has 0 atom stereocenters. The van der Waals surface area contributed by atoms with Crippen molar-refractivity contribution in [1.29, 1.82) is 0 Å². The summed E-state index contributed by atoms with van der Waals surface area (Å²) < 4.78 is 13.9. The summed E-state index contributed by atoms with van der Waals surface area (Å²) in [6.07, 6.45) is 4.99. The number of carbonyl (C=O) groups excluding carboxylic acids is 1. The first-order valence-corrected chi connectivity index (χ1v) is 7.70. The van der Waals surface area contributed by atoms with E-state index in [0.29, 0.717) is 36.2 Å². The normalized spacial score (nSPS) is 15.0. The van der Waals surface area contributed by atoms with Crippen molar-refractivity contribution >= 4 is 27.7 Å². The van der Waals surface area contributed by atoms with E-state index < -0.39 is 5.82 Å². The van der Waals surface area contributed by atoms with Gasteiger partial charge < -0.3 is 9.80 Å². The van der Waals surface area contributed by atoms with Crippen LogP contribution in [0.25, 0.3) is 0 Å². The molecule has 1 fully saturated rings. The molecular formula is C15H14BrFN4O. The van der Waals surface area contributed by atoms with E-state index in [1.54, 1.807) is 29.6 Å². The van der Waals surface area contributed by atoms with Crippen LogP contribution in [0.1, 0.15) is 10.4 Å².